The van der Waals surface area contributed by atoms with Crippen molar-refractivity contribution in [3.63, 3.8) is 0 Å². The summed E-state index contributed by atoms with van der Waals surface area (Å²) < 4.78 is 24.0. The third-order valence-electron chi connectivity index (χ3n) is 7.54. The highest BCUT2D eigenvalue weighted by Gasteiger charge is 2.19. The lowest BCUT2D eigenvalue weighted by Gasteiger charge is -2.16. The van der Waals surface area contributed by atoms with Gasteiger partial charge in [-0.25, -0.2) is 19.2 Å². The molecule has 0 radical (unpaired) electrons. The summed E-state index contributed by atoms with van der Waals surface area (Å²) in [5, 5.41) is 37.3. The highest BCUT2D eigenvalue weighted by Crippen LogP contribution is 2.40. The van der Waals surface area contributed by atoms with Crippen molar-refractivity contribution >= 4 is 23.9 Å². The minimum atomic E-state index is -1.39. The van der Waals surface area contributed by atoms with Gasteiger partial charge in [-0.1, -0.05) is 36.4 Å². The molecule has 52 heavy (non-hydrogen) atoms. The van der Waals surface area contributed by atoms with Gasteiger partial charge < -0.3 is 39.4 Å². The van der Waals surface area contributed by atoms with Crippen LogP contribution in [0.4, 0.5) is 0 Å². The van der Waals surface area contributed by atoms with Crippen molar-refractivity contribution in [2.75, 3.05) is 0 Å². The van der Waals surface area contributed by atoms with E-state index in [1.54, 1.807) is 60.7 Å². The van der Waals surface area contributed by atoms with E-state index in [0.29, 0.717) is 34.5 Å². The molecule has 0 heterocycles. The van der Waals surface area contributed by atoms with Gasteiger partial charge in [-0.15, -0.1) is 0 Å². The van der Waals surface area contributed by atoms with Gasteiger partial charge in [0.2, 0.25) is 0 Å². The largest absolute Gasteiger partial charge is 0.478 e. The molecule has 0 amide bonds. The molecule has 0 aliphatic heterocycles. The number of carbonyl (C=O) groups is 4. The first-order chi connectivity index (χ1) is 25.0. The quantitative estimate of drug-likeness (QED) is 0.0897. The van der Waals surface area contributed by atoms with Gasteiger partial charge in [0.25, 0.3) is 0 Å². The summed E-state index contributed by atoms with van der Waals surface area (Å²) in [6, 6.07) is 35.4. The Bertz CT molecular complexity index is 2150. The van der Waals surface area contributed by atoms with E-state index in [-0.39, 0.29) is 22.6 Å². The maximum Gasteiger partial charge on any atom is 0.336 e. The standard InChI is InChI=1S/C40H26O12/c41-37(42)31-19-17-27(21-33(31)39(45)46)49-23-9-13-25(14-10-23)51-35-7-3-1-5-29(35)30-6-2-4-8-36(30)52-26-15-11-24(12-16-26)50-28-18-20-32(38(43)44)34(22-28)40(47)48/h1-22H,(H,41,42)(H,43,44)(H,45,46)(H,47,48). The van der Waals surface area contributed by atoms with Crippen molar-refractivity contribution in [2.24, 2.45) is 0 Å². The van der Waals surface area contributed by atoms with Crippen molar-refractivity contribution in [2.45, 2.75) is 0 Å². The average molecular weight is 699 g/mol. The summed E-state index contributed by atoms with van der Waals surface area (Å²) >= 11 is 0. The van der Waals surface area contributed by atoms with Gasteiger partial charge in [0.15, 0.2) is 0 Å². The molecule has 0 saturated heterocycles. The molecule has 6 aromatic carbocycles. The zero-order valence-corrected chi connectivity index (χ0v) is 26.8. The van der Waals surface area contributed by atoms with E-state index < -0.39 is 35.0 Å². The van der Waals surface area contributed by atoms with Crippen LogP contribution in [-0.4, -0.2) is 44.3 Å². The Balaban J connectivity index is 1.16. The number of rotatable bonds is 13. The number of ether oxygens (including phenoxy) is 4. The smallest absolute Gasteiger partial charge is 0.336 e. The SMILES string of the molecule is O=C(O)c1ccc(Oc2ccc(Oc3ccccc3-c3ccccc3Oc3ccc(Oc4ccc(C(=O)O)c(C(=O)O)c4)cc3)cc2)cc1C(=O)O. The van der Waals surface area contributed by atoms with E-state index in [0.717, 1.165) is 23.3 Å². The molecule has 258 valence electrons. The topological polar surface area (TPSA) is 186 Å². The first-order valence-electron chi connectivity index (χ1n) is 15.4. The van der Waals surface area contributed by atoms with E-state index in [2.05, 4.69) is 0 Å². The van der Waals surface area contributed by atoms with Crippen molar-refractivity contribution in [1.82, 2.24) is 0 Å². The molecule has 0 saturated carbocycles. The number of benzene rings is 6. The van der Waals surface area contributed by atoms with Gasteiger partial charge in [0, 0.05) is 11.1 Å². The van der Waals surface area contributed by atoms with Crippen LogP contribution in [0.3, 0.4) is 0 Å². The van der Waals surface area contributed by atoms with Crippen molar-refractivity contribution < 1.29 is 58.6 Å². The molecule has 0 fully saturated rings. The van der Waals surface area contributed by atoms with Crippen LogP contribution < -0.4 is 18.9 Å². The summed E-state index contributed by atoms with van der Waals surface area (Å²) in [5.41, 5.74) is -0.0122. The first-order valence-corrected chi connectivity index (χ1v) is 15.4. The fourth-order valence-corrected chi connectivity index (χ4v) is 5.13. The second-order valence-electron chi connectivity index (χ2n) is 11.0. The number of hydrogen-bond acceptors (Lipinski definition) is 8. The number of para-hydroxylation sites is 2. The molecule has 0 aliphatic carbocycles. The fraction of sp³-hybridized carbons (Fsp3) is 0. The zero-order valence-electron chi connectivity index (χ0n) is 26.8. The summed E-state index contributed by atoms with van der Waals surface area (Å²) in [4.78, 5) is 45.8. The van der Waals surface area contributed by atoms with Gasteiger partial charge >= 0.3 is 23.9 Å². The normalized spacial score (nSPS) is 10.5. The number of hydrogen-bond donors (Lipinski definition) is 4. The first kappa shape index (κ1) is 34.3. The predicted octanol–water partition coefficient (Wildman–Crippen LogP) is 9.32. The van der Waals surface area contributed by atoms with Crippen LogP contribution in [0.2, 0.25) is 0 Å². The Morgan fingerprint density at radius 2 is 0.615 bits per heavy atom. The Kier molecular flexibility index (Phi) is 9.81. The third-order valence-corrected chi connectivity index (χ3v) is 7.54. The lowest BCUT2D eigenvalue weighted by molar-refractivity contribution is 0.0651. The van der Waals surface area contributed by atoms with Gasteiger partial charge in [0.05, 0.1) is 22.3 Å². The summed E-state index contributed by atoms with van der Waals surface area (Å²) in [5.74, 6) is -2.42. The summed E-state index contributed by atoms with van der Waals surface area (Å²) in [6.45, 7) is 0. The van der Waals surface area contributed by atoms with Gasteiger partial charge in [-0.2, -0.15) is 0 Å². The molecule has 0 atom stereocenters. The molecular formula is C40H26O12. The van der Waals surface area contributed by atoms with Crippen LogP contribution in [0.5, 0.6) is 46.0 Å². The Hall–Kier alpha value is -7.60. The highest BCUT2D eigenvalue weighted by molar-refractivity contribution is 6.02. The van der Waals surface area contributed by atoms with E-state index >= 15 is 0 Å². The van der Waals surface area contributed by atoms with Crippen LogP contribution in [0.15, 0.2) is 133 Å². The predicted molar refractivity (Wildman–Crippen MR) is 186 cm³/mol. The number of carboxylic acids is 4. The van der Waals surface area contributed by atoms with Gasteiger partial charge in [0.1, 0.15) is 46.0 Å². The molecule has 0 spiro atoms. The maximum absolute atomic E-state index is 11.5. The van der Waals surface area contributed by atoms with Crippen molar-refractivity contribution in [1.29, 1.82) is 0 Å². The second-order valence-corrected chi connectivity index (χ2v) is 11.0. The van der Waals surface area contributed by atoms with Crippen molar-refractivity contribution in [3.05, 3.63) is 156 Å². The molecule has 4 N–H and O–H groups in total. The van der Waals surface area contributed by atoms with Crippen LogP contribution >= 0.6 is 0 Å². The van der Waals surface area contributed by atoms with Gasteiger partial charge in [-0.3, -0.25) is 0 Å². The van der Waals surface area contributed by atoms with Gasteiger partial charge in [-0.05, 0) is 97.1 Å². The van der Waals surface area contributed by atoms with Crippen LogP contribution in [0.1, 0.15) is 41.4 Å². The fourth-order valence-electron chi connectivity index (χ4n) is 5.13. The molecular weight excluding hydrogens is 672 g/mol. The van der Waals surface area contributed by atoms with E-state index in [4.69, 9.17) is 18.9 Å². The molecule has 0 aromatic heterocycles. The van der Waals surface area contributed by atoms with Crippen LogP contribution in [-0.2, 0) is 0 Å². The monoisotopic (exact) mass is 698 g/mol. The van der Waals surface area contributed by atoms with E-state index in [1.165, 1.54) is 24.3 Å². The molecule has 0 bridgehead atoms. The molecule has 6 rings (SSSR count). The van der Waals surface area contributed by atoms with E-state index in [9.17, 15) is 39.6 Å². The third kappa shape index (κ3) is 7.82. The Morgan fingerprint density at radius 3 is 0.942 bits per heavy atom. The van der Waals surface area contributed by atoms with Crippen LogP contribution in [0, 0.1) is 0 Å². The second kappa shape index (κ2) is 14.9. The maximum atomic E-state index is 11.5. The minimum absolute atomic E-state index is 0.154. The highest BCUT2D eigenvalue weighted by atomic mass is 16.5. The van der Waals surface area contributed by atoms with Crippen molar-refractivity contribution in [3.8, 4) is 57.1 Å². The Morgan fingerprint density at radius 1 is 0.327 bits per heavy atom. The number of carboxylic acid groups (broad SMARTS) is 4. The molecule has 0 unspecified atom stereocenters. The van der Waals surface area contributed by atoms with E-state index in [1.807, 2.05) is 36.4 Å². The molecule has 12 heteroatoms. The summed E-state index contributed by atoms with van der Waals surface area (Å²) in [7, 11) is 0. The lowest BCUT2D eigenvalue weighted by atomic mass is 10.0. The zero-order chi connectivity index (χ0) is 36.8. The molecule has 6 aromatic rings. The number of aromatic carboxylic acids is 4. The Labute approximate surface area is 294 Å². The summed E-state index contributed by atoms with van der Waals surface area (Å²) in [6.07, 6.45) is 0. The van der Waals surface area contributed by atoms with Crippen LogP contribution in [0.25, 0.3) is 11.1 Å². The minimum Gasteiger partial charge on any atom is -0.478 e. The molecule has 0 aliphatic rings. The molecule has 12 nitrogen and oxygen atoms in total. The lowest BCUT2D eigenvalue weighted by Crippen LogP contribution is -2.07. The average Bonchev–Trinajstić information content (AvgIpc) is 3.13.